The van der Waals surface area contributed by atoms with Crippen LogP contribution in [0.2, 0.25) is 5.02 Å². The van der Waals surface area contributed by atoms with Crippen LogP contribution in [0.1, 0.15) is 5.56 Å². The van der Waals surface area contributed by atoms with Crippen LogP contribution in [0, 0.1) is 0 Å². The van der Waals surface area contributed by atoms with Crippen LogP contribution in [0.25, 0.3) is 10.9 Å². The molecule has 0 spiro atoms. The molecule has 1 heterocycles. The van der Waals surface area contributed by atoms with Gasteiger partial charge in [-0.1, -0.05) is 11.6 Å². The predicted molar refractivity (Wildman–Crippen MR) is 82.7 cm³/mol. The molecule has 3 rings (SSSR count). The molecule has 0 bridgehead atoms. The van der Waals surface area contributed by atoms with Crippen LogP contribution in [0.5, 0.6) is 11.5 Å². The highest BCUT2D eigenvalue weighted by atomic mass is 35.5. The van der Waals surface area contributed by atoms with Gasteiger partial charge in [-0.3, -0.25) is 4.98 Å². The molecule has 2 aromatic carbocycles. The van der Waals surface area contributed by atoms with Gasteiger partial charge < -0.3 is 10.5 Å². The number of fused-ring (bicyclic) bond motifs is 1. The third-order valence-electron chi connectivity index (χ3n) is 3.20. The molecular weight excluding hydrogens is 329 g/mol. The molecule has 3 aromatic rings. The van der Waals surface area contributed by atoms with Gasteiger partial charge in [-0.15, -0.1) is 0 Å². The summed E-state index contributed by atoms with van der Waals surface area (Å²) in [5.74, 6) is 0.859. The largest absolute Gasteiger partial charge is 0.457 e. The Morgan fingerprint density at radius 3 is 2.39 bits per heavy atom. The first-order chi connectivity index (χ1) is 10.8. The third kappa shape index (κ3) is 3.17. The second-order valence-corrected chi connectivity index (χ2v) is 5.23. The number of nitrogen functional groups attached to an aromatic ring is 1. The van der Waals surface area contributed by atoms with Gasteiger partial charge in [-0.2, -0.15) is 13.2 Å². The summed E-state index contributed by atoms with van der Waals surface area (Å²) < 4.78 is 44.4. The van der Waals surface area contributed by atoms with Crippen molar-refractivity contribution >= 4 is 28.2 Å². The minimum Gasteiger partial charge on any atom is -0.457 e. The Kier molecular flexibility index (Phi) is 3.77. The molecule has 0 saturated carbocycles. The van der Waals surface area contributed by atoms with E-state index in [0.29, 0.717) is 22.6 Å². The number of aromatic nitrogens is 1. The van der Waals surface area contributed by atoms with Crippen LogP contribution in [0.4, 0.5) is 18.9 Å². The van der Waals surface area contributed by atoms with Gasteiger partial charge in [0.15, 0.2) is 0 Å². The van der Waals surface area contributed by atoms with Crippen LogP contribution in [0.15, 0.2) is 48.7 Å². The van der Waals surface area contributed by atoms with Crippen molar-refractivity contribution in [2.45, 2.75) is 6.18 Å². The van der Waals surface area contributed by atoms with Gasteiger partial charge in [0, 0.05) is 17.3 Å². The molecule has 0 aliphatic heterocycles. The maximum absolute atomic E-state index is 12.9. The second kappa shape index (κ2) is 5.62. The molecule has 1 aromatic heterocycles. The van der Waals surface area contributed by atoms with Crippen molar-refractivity contribution in [1.29, 1.82) is 0 Å². The van der Waals surface area contributed by atoms with Crippen molar-refractivity contribution in [3.63, 3.8) is 0 Å². The van der Waals surface area contributed by atoms with E-state index in [2.05, 4.69) is 4.98 Å². The minimum absolute atomic E-state index is 0.148. The summed E-state index contributed by atoms with van der Waals surface area (Å²) in [4.78, 5) is 3.95. The highest BCUT2D eigenvalue weighted by molar-refractivity contribution is 6.32. The van der Waals surface area contributed by atoms with Gasteiger partial charge in [0.25, 0.3) is 0 Å². The summed E-state index contributed by atoms with van der Waals surface area (Å²) >= 11 is 5.76. The van der Waals surface area contributed by atoms with Crippen LogP contribution in [0.3, 0.4) is 0 Å². The average Bonchev–Trinajstić information content (AvgIpc) is 2.48. The number of halogens is 4. The molecule has 118 valence electrons. The fourth-order valence-corrected chi connectivity index (χ4v) is 2.38. The van der Waals surface area contributed by atoms with E-state index in [1.165, 1.54) is 12.3 Å². The molecule has 0 atom stereocenters. The fourth-order valence-electron chi connectivity index (χ4n) is 2.11. The second-order valence-electron chi connectivity index (χ2n) is 4.83. The molecule has 0 radical (unpaired) electrons. The maximum Gasteiger partial charge on any atom is 0.417 e. The number of alkyl halides is 3. The Hall–Kier alpha value is -2.47. The first-order valence-corrected chi connectivity index (χ1v) is 6.91. The SMILES string of the molecule is Nc1ccc(Oc2ccnc3cc(C(F)(F)F)c(Cl)cc23)cc1. The molecule has 7 heteroatoms. The van der Waals surface area contributed by atoms with E-state index in [9.17, 15) is 13.2 Å². The van der Waals surface area contributed by atoms with Crippen molar-refractivity contribution < 1.29 is 17.9 Å². The molecule has 0 aliphatic rings. The molecular formula is C16H10ClF3N2O. The van der Waals surface area contributed by atoms with Crippen molar-refractivity contribution in [2.75, 3.05) is 5.73 Å². The van der Waals surface area contributed by atoms with E-state index in [1.54, 1.807) is 30.3 Å². The summed E-state index contributed by atoms with van der Waals surface area (Å²) in [5.41, 5.74) is 5.40. The zero-order valence-electron chi connectivity index (χ0n) is 11.6. The number of nitrogens with zero attached hydrogens (tertiary/aromatic N) is 1. The highest BCUT2D eigenvalue weighted by Crippen LogP contribution is 2.39. The Balaban J connectivity index is 2.08. The smallest absolute Gasteiger partial charge is 0.417 e. The average molecular weight is 339 g/mol. The van der Waals surface area contributed by atoms with Gasteiger partial charge in [0.05, 0.1) is 16.1 Å². The van der Waals surface area contributed by atoms with Gasteiger partial charge in [-0.25, -0.2) is 0 Å². The zero-order valence-corrected chi connectivity index (χ0v) is 12.3. The maximum atomic E-state index is 12.9. The van der Waals surface area contributed by atoms with Crippen LogP contribution < -0.4 is 10.5 Å². The number of rotatable bonds is 2. The van der Waals surface area contributed by atoms with Crippen molar-refractivity contribution in [3.05, 3.63) is 59.2 Å². The number of ether oxygens (including phenoxy) is 1. The zero-order chi connectivity index (χ0) is 16.6. The number of nitrogens with two attached hydrogens (primary N) is 1. The minimum atomic E-state index is -4.54. The number of anilines is 1. The van der Waals surface area contributed by atoms with Gasteiger partial charge in [-0.05, 0) is 42.5 Å². The third-order valence-corrected chi connectivity index (χ3v) is 3.52. The van der Waals surface area contributed by atoms with Gasteiger partial charge in [0.1, 0.15) is 11.5 Å². The summed E-state index contributed by atoms with van der Waals surface area (Å²) in [7, 11) is 0. The Morgan fingerprint density at radius 1 is 1.04 bits per heavy atom. The fraction of sp³-hybridized carbons (Fsp3) is 0.0625. The standard InChI is InChI=1S/C16H10ClF3N2O/c17-13-7-11-14(8-12(13)16(18,19)20)22-6-5-15(11)23-10-3-1-9(21)2-4-10/h1-8H,21H2. The number of pyridine rings is 1. The Bertz CT molecular complexity index is 864. The Morgan fingerprint density at radius 2 is 1.74 bits per heavy atom. The van der Waals surface area contributed by atoms with Crippen LogP contribution >= 0.6 is 11.6 Å². The van der Waals surface area contributed by atoms with E-state index in [-0.39, 0.29) is 5.52 Å². The normalized spacial score (nSPS) is 11.7. The number of hydrogen-bond acceptors (Lipinski definition) is 3. The van der Waals surface area contributed by atoms with E-state index in [4.69, 9.17) is 22.1 Å². The molecule has 0 amide bonds. The highest BCUT2D eigenvalue weighted by Gasteiger charge is 2.33. The number of benzene rings is 2. The molecule has 2 N–H and O–H groups in total. The topological polar surface area (TPSA) is 48.1 Å². The van der Waals surface area contributed by atoms with E-state index in [1.807, 2.05) is 0 Å². The molecule has 0 unspecified atom stereocenters. The lowest BCUT2D eigenvalue weighted by atomic mass is 10.1. The van der Waals surface area contributed by atoms with E-state index in [0.717, 1.165) is 6.07 Å². The summed E-state index contributed by atoms with van der Waals surface area (Å²) in [6.45, 7) is 0. The van der Waals surface area contributed by atoms with Crippen molar-refractivity contribution in [2.24, 2.45) is 0 Å². The van der Waals surface area contributed by atoms with E-state index < -0.39 is 16.8 Å². The lowest BCUT2D eigenvalue weighted by Gasteiger charge is -2.12. The quantitative estimate of drug-likeness (QED) is 0.646. The predicted octanol–water partition coefficient (Wildman–Crippen LogP) is 5.28. The first kappa shape index (κ1) is 15.4. The van der Waals surface area contributed by atoms with Crippen LogP contribution in [-0.4, -0.2) is 4.98 Å². The van der Waals surface area contributed by atoms with Gasteiger partial charge >= 0.3 is 6.18 Å². The number of hydrogen-bond donors (Lipinski definition) is 1. The molecule has 0 aliphatic carbocycles. The molecule has 3 nitrogen and oxygen atoms in total. The Labute approximate surface area is 134 Å². The molecule has 0 saturated heterocycles. The summed E-state index contributed by atoms with van der Waals surface area (Å²) in [5, 5.41) is -0.0116. The van der Waals surface area contributed by atoms with Crippen molar-refractivity contribution in [3.8, 4) is 11.5 Å². The lowest BCUT2D eigenvalue weighted by molar-refractivity contribution is -0.137. The van der Waals surface area contributed by atoms with Gasteiger partial charge in [0.2, 0.25) is 0 Å². The lowest BCUT2D eigenvalue weighted by Crippen LogP contribution is -2.06. The van der Waals surface area contributed by atoms with E-state index >= 15 is 0 Å². The molecule has 23 heavy (non-hydrogen) atoms. The summed E-state index contributed by atoms with van der Waals surface area (Å²) in [6.07, 6.45) is -3.16. The summed E-state index contributed by atoms with van der Waals surface area (Å²) in [6, 6.07) is 10.3. The van der Waals surface area contributed by atoms with Crippen molar-refractivity contribution in [1.82, 2.24) is 4.98 Å². The van der Waals surface area contributed by atoms with Crippen LogP contribution in [-0.2, 0) is 6.18 Å². The monoisotopic (exact) mass is 338 g/mol. The first-order valence-electron chi connectivity index (χ1n) is 6.53. The molecule has 0 fully saturated rings.